The van der Waals surface area contributed by atoms with Crippen LogP contribution in [0.3, 0.4) is 0 Å². The molecule has 0 spiro atoms. The maximum Gasteiger partial charge on any atom is 0.0639 e. The van der Waals surface area contributed by atoms with E-state index < -0.39 is 0 Å². The zero-order valence-electron chi connectivity index (χ0n) is 15.0. The van der Waals surface area contributed by atoms with Gasteiger partial charge in [-0.3, -0.25) is 0 Å². The van der Waals surface area contributed by atoms with Gasteiger partial charge < -0.3 is 10.2 Å². The molecule has 1 aromatic carbocycles. The molecule has 0 saturated heterocycles. The molecule has 0 atom stereocenters. The van der Waals surface area contributed by atoms with Gasteiger partial charge in [-0.15, -0.1) is 0 Å². The van der Waals surface area contributed by atoms with E-state index in [1.807, 2.05) is 0 Å². The maximum atomic E-state index is 3.77. The Kier molecular flexibility index (Phi) is 6.16. The number of nitrogens with zero attached hydrogens (tertiary/aromatic N) is 1. The summed E-state index contributed by atoms with van der Waals surface area (Å²) in [5, 5.41) is 3.77. The summed E-state index contributed by atoms with van der Waals surface area (Å²) >= 11 is 0. The van der Waals surface area contributed by atoms with Crippen LogP contribution in [0.5, 0.6) is 0 Å². The molecule has 1 heterocycles. The second kappa shape index (κ2) is 7.89. The lowest BCUT2D eigenvalue weighted by Gasteiger charge is -2.51. The molecule has 2 nitrogen and oxygen atoms in total. The molecule has 1 aliphatic heterocycles. The van der Waals surface area contributed by atoms with Crippen LogP contribution >= 0.6 is 0 Å². The first-order chi connectivity index (χ1) is 10.7. The van der Waals surface area contributed by atoms with Gasteiger partial charge in [0, 0.05) is 13.1 Å². The van der Waals surface area contributed by atoms with Crippen LogP contribution in [0, 0.1) is 0 Å². The molecular formula is C20H34N2. The zero-order valence-corrected chi connectivity index (χ0v) is 15.0. The predicted molar refractivity (Wildman–Crippen MR) is 99.1 cm³/mol. The number of hydrogen-bond donors (Lipinski definition) is 1. The Morgan fingerprint density at radius 2 is 1.73 bits per heavy atom. The molecule has 0 aromatic heterocycles. The van der Waals surface area contributed by atoms with Crippen LogP contribution < -0.4 is 10.2 Å². The Labute approximate surface area is 137 Å². The largest absolute Gasteiger partial charge is 0.381 e. The van der Waals surface area contributed by atoms with Crippen LogP contribution in [0.15, 0.2) is 18.2 Å². The lowest BCUT2D eigenvalue weighted by atomic mass is 9.83. The van der Waals surface area contributed by atoms with Gasteiger partial charge in [0.15, 0.2) is 0 Å². The van der Waals surface area contributed by atoms with Gasteiger partial charge in [-0.25, -0.2) is 0 Å². The average molecular weight is 303 g/mol. The van der Waals surface area contributed by atoms with Gasteiger partial charge in [-0.1, -0.05) is 59.1 Å². The van der Waals surface area contributed by atoms with E-state index in [-0.39, 0.29) is 0 Å². The summed E-state index contributed by atoms with van der Waals surface area (Å²) in [7, 11) is 0. The van der Waals surface area contributed by atoms with E-state index in [2.05, 4.69) is 56.1 Å². The Morgan fingerprint density at radius 1 is 1.00 bits per heavy atom. The van der Waals surface area contributed by atoms with E-state index in [1.54, 1.807) is 0 Å². The highest BCUT2D eigenvalue weighted by Crippen LogP contribution is 2.43. The van der Waals surface area contributed by atoms with Crippen molar-refractivity contribution in [3.8, 4) is 0 Å². The number of rotatable bonds is 8. The molecule has 0 unspecified atom stereocenters. The molecule has 1 aromatic rings. The Bertz CT molecular complexity index is 461. The molecule has 0 radical (unpaired) electrons. The van der Waals surface area contributed by atoms with Crippen LogP contribution in [-0.2, 0) is 6.42 Å². The summed E-state index contributed by atoms with van der Waals surface area (Å²) < 4.78 is 0. The van der Waals surface area contributed by atoms with Crippen molar-refractivity contribution < 1.29 is 0 Å². The fourth-order valence-electron chi connectivity index (χ4n) is 4.19. The van der Waals surface area contributed by atoms with E-state index in [0.29, 0.717) is 5.54 Å². The van der Waals surface area contributed by atoms with Gasteiger partial charge in [-0.05, 0) is 37.3 Å². The fraction of sp³-hybridized carbons (Fsp3) is 0.700. The van der Waals surface area contributed by atoms with Crippen molar-refractivity contribution in [2.75, 3.05) is 23.3 Å². The van der Waals surface area contributed by atoms with Gasteiger partial charge in [0.25, 0.3) is 0 Å². The molecule has 0 bridgehead atoms. The first kappa shape index (κ1) is 17.2. The van der Waals surface area contributed by atoms with Crippen LogP contribution in [0.4, 0.5) is 11.4 Å². The zero-order chi connectivity index (χ0) is 16.0. The highest BCUT2D eigenvalue weighted by molar-refractivity contribution is 5.77. The average Bonchev–Trinajstić information content (AvgIpc) is 2.51. The highest BCUT2D eigenvalue weighted by Gasteiger charge is 2.39. The topological polar surface area (TPSA) is 15.3 Å². The SMILES string of the molecule is CCCc1cccc2c1N(CCC)C(CCC)(CCC)CN2. The molecule has 0 saturated carbocycles. The van der Waals surface area contributed by atoms with Gasteiger partial charge in [0.1, 0.15) is 0 Å². The van der Waals surface area contributed by atoms with Crippen LogP contribution in [0.25, 0.3) is 0 Å². The quantitative estimate of drug-likeness (QED) is 0.670. The first-order valence-corrected chi connectivity index (χ1v) is 9.35. The standard InChI is InChI=1S/C20H34N2/c1-5-10-17-11-9-12-18-19(17)22(15-8-4)20(13-6-2,14-7-3)16-21-18/h9,11-12,21H,5-8,10,13-16H2,1-4H3. The molecular weight excluding hydrogens is 268 g/mol. The minimum Gasteiger partial charge on any atom is -0.381 e. The van der Waals surface area contributed by atoms with Crippen LogP contribution in [0.1, 0.15) is 71.8 Å². The third kappa shape index (κ3) is 3.26. The Morgan fingerprint density at radius 3 is 2.32 bits per heavy atom. The lowest BCUT2D eigenvalue weighted by Crippen LogP contribution is -2.57. The molecule has 124 valence electrons. The number of para-hydroxylation sites is 1. The van der Waals surface area contributed by atoms with E-state index in [1.165, 1.54) is 68.4 Å². The monoisotopic (exact) mass is 302 g/mol. The van der Waals surface area contributed by atoms with Crippen molar-refractivity contribution in [3.05, 3.63) is 23.8 Å². The molecule has 1 N–H and O–H groups in total. The van der Waals surface area contributed by atoms with Gasteiger partial charge in [-0.2, -0.15) is 0 Å². The smallest absolute Gasteiger partial charge is 0.0639 e. The summed E-state index contributed by atoms with van der Waals surface area (Å²) in [4.78, 5) is 2.77. The van der Waals surface area contributed by atoms with Crippen molar-refractivity contribution in [2.24, 2.45) is 0 Å². The number of fused-ring (bicyclic) bond motifs is 1. The minimum absolute atomic E-state index is 0.302. The van der Waals surface area contributed by atoms with Crippen molar-refractivity contribution >= 4 is 11.4 Å². The normalized spacial score (nSPS) is 16.3. The van der Waals surface area contributed by atoms with Crippen molar-refractivity contribution in [3.63, 3.8) is 0 Å². The maximum absolute atomic E-state index is 3.77. The summed E-state index contributed by atoms with van der Waals surface area (Å²) in [6.45, 7) is 11.5. The van der Waals surface area contributed by atoms with Gasteiger partial charge in [0.05, 0.1) is 16.9 Å². The summed E-state index contributed by atoms with van der Waals surface area (Å²) in [6, 6.07) is 6.81. The van der Waals surface area contributed by atoms with Gasteiger partial charge in [0.2, 0.25) is 0 Å². The van der Waals surface area contributed by atoms with E-state index >= 15 is 0 Å². The predicted octanol–water partition coefficient (Wildman–Crippen LogP) is 5.62. The minimum atomic E-state index is 0.302. The third-order valence-electron chi connectivity index (χ3n) is 4.97. The summed E-state index contributed by atoms with van der Waals surface area (Å²) in [5.41, 5.74) is 4.68. The third-order valence-corrected chi connectivity index (χ3v) is 4.97. The van der Waals surface area contributed by atoms with Crippen LogP contribution in [0.2, 0.25) is 0 Å². The van der Waals surface area contributed by atoms with E-state index in [9.17, 15) is 0 Å². The molecule has 1 aliphatic rings. The number of hydrogen-bond acceptors (Lipinski definition) is 2. The fourth-order valence-corrected chi connectivity index (χ4v) is 4.19. The molecule has 2 heteroatoms. The first-order valence-electron chi connectivity index (χ1n) is 9.35. The molecule has 2 rings (SSSR count). The number of anilines is 2. The molecule has 0 amide bonds. The van der Waals surface area contributed by atoms with Crippen molar-refractivity contribution in [1.82, 2.24) is 0 Å². The molecule has 0 fully saturated rings. The lowest BCUT2D eigenvalue weighted by molar-refractivity contribution is 0.335. The second-order valence-electron chi connectivity index (χ2n) is 6.79. The molecule has 22 heavy (non-hydrogen) atoms. The number of aryl methyl sites for hydroxylation is 1. The second-order valence-corrected chi connectivity index (χ2v) is 6.79. The van der Waals surface area contributed by atoms with E-state index in [0.717, 1.165) is 6.54 Å². The van der Waals surface area contributed by atoms with Crippen molar-refractivity contribution in [1.29, 1.82) is 0 Å². The highest BCUT2D eigenvalue weighted by atomic mass is 15.3. The summed E-state index contributed by atoms with van der Waals surface area (Å²) in [5.74, 6) is 0. The number of nitrogens with one attached hydrogen (secondary N) is 1. The van der Waals surface area contributed by atoms with Gasteiger partial charge >= 0.3 is 0 Å². The van der Waals surface area contributed by atoms with Crippen LogP contribution in [-0.4, -0.2) is 18.6 Å². The Hall–Kier alpha value is -1.18. The Balaban J connectivity index is 2.49. The van der Waals surface area contributed by atoms with E-state index in [4.69, 9.17) is 0 Å². The summed E-state index contributed by atoms with van der Waals surface area (Å²) in [6.07, 6.45) is 8.70. The van der Waals surface area contributed by atoms with Crippen molar-refractivity contribution in [2.45, 2.75) is 78.2 Å². The molecule has 0 aliphatic carbocycles. The number of benzene rings is 1.